The second-order valence-corrected chi connectivity index (χ2v) is 6.65. The van der Waals surface area contributed by atoms with Crippen molar-refractivity contribution in [3.05, 3.63) is 35.4 Å². The summed E-state index contributed by atoms with van der Waals surface area (Å²) < 4.78 is 0. The summed E-state index contributed by atoms with van der Waals surface area (Å²) in [4.78, 5) is 4.69. The van der Waals surface area contributed by atoms with Crippen LogP contribution in [0.15, 0.2) is 29.3 Å². The lowest BCUT2D eigenvalue weighted by Gasteiger charge is -2.11. The predicted molar refractivity (Wildman–Crippen MR) is 86.0 cm³/mol. The standard InChI is InChI=1S/C16H24N2S/c1-12(2)10-15-11-19-16(18-15)17-9-8-14-7-5-4-6-13(14)3/h4-7,12,15H,8-11H2,1-3H3,(H,17,18). The van der Waals surface area contributed by atoms with Crippen molar-refractivity contribution in [1.82, 2.24) is 5.32 Å². The Morgan fingerprint density at radius 2 is 2.16 bits per heavy atom. The first-order chi connectivity index (χ1) is 9.15. The van der Waals surface area contributed by atoms with E-state index in [4.69, 9.17) is 0 Å². The van der Waals surface area contributed by atoms with Crippen molar-refractivity contribution < 1.29 is 0 Å². The van der Waals surface area contributed by atoms with Crippen molar-refractivity contribution in [2.24, 2.45) is 10.9 Å². The van der Waals surface area contributed by atoms with Crippen LogP contribution in [-0.4, -0.2) is 23.5 Å². The predicted octanol–water partition coefficient (Wildman–Crippen LogP) is 3.64. The van der Waals surface area contributed by atoms with Crippen LogP contribution in [0.3, 0.4) is 0 Å². The molecule has 2 rings (SSSR count). The monoisotopic (exact) mass is 276 g/mol. The van der Waals surface area contributed by atoms with E-state index in [0.717, 1.165) is 24.1 Å². The number of benzene rings is 1. The second-order valence-electron chi connectivity index (χ2n) is 5.65. The van der Waals surface area contributed by atoms with E-state index in [2.05, 4.69) is 55.3 Å². The molecule has 1 atom stereocenters. The van der Waals surface area contributed by atoms with E-state index in [-0.39, 0.29) is 0 Å². The third kappa shape index (κ3) is 4.57. The topological polar surface area (TPSA) is 24.4 Å². The van der Waals surface area contributed by atoms with E-state index in [0.29, 0.717) is 6.04 Å². The maximum atomic E-state index is 4.69. The molecule has 1 aromatic carbocycles. The average molecular weight is 276 g/mol. The molecule has 0 bridgehead atoms. The highest BCUT2D eigenvalue weighted by Crippen LogP contribution is 2.19. The maximum Gasteiger partial charge on any atom is 0.156 e. The molecule has 1 aromatic rings. The summed E-state index contributed by atoms with van der Waals surface area (Å²) in [5.74, 6) is 1.92. The van der Waals surface area contributed by atoms with E-state index < -0.39 is 0 Å². The quantitative estimate of drug-likeness (QED) is 0.888. The zero-order chi connectivity index (χ0) is 13.7. The Kier molecular flexibility index (Phi) is 5.32. The first-order valence-electron chi connectivity index (χ1n) is 7.13. The lowest BCUT2D eigenvalue weighted by Crippen LogP contribution is -2.28. The third-order valence-corrected chi connectivity index (χ3v) is 4.49. The van der Waals surface area contributed by atoms with Crippen molar-refractivity contribution in [2.75, 3.05) is 12.3 Å². The fourth-order valence-electron chi connectivity index (χ4n) is 2.39. The highest BCUT2D eigenvalue weighted by Gasteiger charge is 2.20. The van der Waals surface area contributed by atoms with Crippen molar-refractivity contribution >= 4 is 16.9 Å². The number of nitrogens with one attached hydrogen (secondary N) is 1. The van der Waals surface area contributed by atoms with Gasteiger partial charge in [-0.1, -0.05) is 49.9 Å². The Hall–Kier alpha value is -0.960. The molecule has 0 saturated carbocycles. The summed E-state index contributed by atoms with van der Waals surface area (Å²) in [6.07, 6.45) is 2.27. The van der Waals surface area contributed by atoms with Crippen LogP contribution < -0.4 is 5.32 Å². The molecule has 0 radical (unpaired) electrons. The van der Waals surface area contributed by atoms with E-state index in [9.17, 15) is 0 Å². The van der Waals surface area contributed by atoms with Gasteiger partial charge in [0, 0.05) is 18.3 Å². The van der Waals surface area contributed by atoms with Gasteiger partial charge in [-0.3, -0.25) is 4.99 Å². The Morgan fingerprint density at radius 3 is 2.89 bits per heavy atom. The summed E-state index contributed by atoms with van der Waals surface area (Å²) in [7, 11) is 0. The minimum absolute atomic E-state index is 0.613. The number of thioether (sulfide) groups is 1. The molecule has 1 aliphatic rings. The normalized spacial score (nSPS) is 21.1. The molecule has 1 N–H and O–H groups in total. The number of aliphatic imine (C=N–C) groups is 1. The Morgan fingerprint density at radius 1 is 1.37 bits per heavy atom. The van der Waals surface area contributed by atoms with E-state index in [1.54, 1.807) is 0 Å². The van der Waals surface area contributed by atoms with Gasteiger partial charge in [0.25, 0.3) is 0 Å². The highest BCUT2D eigenvalue weighted by molar-refractivity contribution is 8.14. The molecular weight excluding hydrogens is 252 g/mol. The zero-order valence-electron chi connectivity index (χ0n) is 12.1. The minimum atomic E-state index is 0.613. The maximum absolute atomic E-state index is 4.69. The van der Waals surface area contributed by atoms with Gasteiger partial charge in [-0.2, -0.15) is 0 Å². The fourth-order valence-corrected chi connectivity index (χ4v) is 3.40. The lowest BCUT2D eigenvalue weighted by molar-refractivity contribution is 0.502. The van der Waals surface area contributed by atoms with E-state index in [1.165, 1.54) is 23.3 Å². The van der Waals surface area contributed by atoms with Crippen LogP contribution in [0.4, 0.5) is 0 Å². The third-order valence-electron chi connectivity index (χ3n) is 3.40. The Balaban J connectivity index is 1.79. The van der Waals surface area contributed by atoms with E-state index in [1.807, 2.05) is 11.8 Å². The van der Waals surface area contributed by atoms with E-state index >= 15 is 0 Å². The summed E-state index contributed by atoms with van der Waals surface area (Å²) in [5, 5.41) is 4.67. The first-order valence-corrected chi connectivity index (χ1v) is 8.12. The molecule has 2 nitrogen and oxygen atoms in total. The van der Waals surface area contributed by atoms with Gasteiger partial charge in [0.1, 0.15) is 0 Å². The number of amidine groups is 1. The summed E-state index contributed by atoms with van der Waals surface area (Å²) in [6.45, 7) is 7.61. The van der Waals surface area contributed by atoms with Crippen LogP contribution in [0.5, 0.6) is 0 Å². The van der Waals surface area contributed by atoms with Gasteiger partial charge in [-0.15, -0.1) is 0 Å². The van der Waals surface area contributed by atoms with Gasteiger partial charge in [-0.05, 0) is 36.8 Å². The average Bonchev–Trinajstić information content (AvgIpc) is 2.78. The zero-order valence-corrected chi connectivity index (χ0v) is 13.0. The van der Waals surface area contributed by atoms with Crippen molar-refractivity contribution in [2.45, 2.75) is 39.7 Å². The number of aryl methyl sites for hydroxylation is 1. The smallest absolute Gasteiger partial charge is 0.156 e. The van der Waals surface area contributed by atoms with Crippen LogP contribution in [0.25, 0.3) is 0 Å². The van der Waals surface area contributed by atoms with Crippen LogP contribution in [0.2, 0.25) is 0 Å². The molecule has 0 amide bonds. The van der Waals surface area contributed by atoms with Gasteiger partial charge in [0.2, 0.25) is 0 Å². The molecule has 1 fully saturated rings. The molecule has 0 aliphatic carbocycles. The Bertz CT molecular complexity index is 440. The first kappa shape index (κ1) is 14.4. The molecule has 1 heterocycles. The largest absolute Gasteiger partial charge is 0.361 e. The fraction of sp³-hybridized carbons (Fsp3) is 0.562. The molecule has 0 aromatic heterocycles. The number of rotatable bonds is 5. The number of hydrogen-bond donors (Lipinski definition) is 1. The summed E-state index contributed by atoms with van der Waals surface area (Å²) >= 11 is 1.87. The number of nitrogens with zero attached hydrogens (tertiary/aromatic N) is 1. The van der Waals surface area contributed by atoms with Crippen LogP contribution in [0, 0.1) is 12.8 Å². The molecule has 19 heavy (non-hydrogen) atoms. The van der Waals surface area contributed by atoms with Gasteiger partial charge >= 0.3 is 0 Å². The van der Waals surface area contributed by atoms with Gasteiger partial charge in [0.15, 0.2) is 5.17 Å². The molecule has 1 aliphatic heterocycles. The van der Waals surface area contributed by atoms with Crippen molar-refractivity contribution in [3.8, 4) is 0 Å². The van der Waals surface area contributed by atoms with Crippen LogP contribution in [-0.2, 0) is 6.42 Å². The molecule has 0 spiro atoms. The summed E-state index contributed by atoms with van der Waals surface area (Å²) in [6, 6.07) is 9.18. The second kappa shape index (κ2) is 6.99. The molecular formula is C16H24N2S. The van der Waals surface area contributed by atoms with Crippen LogP contribution in [0.1, 0.15) is 31.4 Å². The van der Waals surface area contributed by atoms with Crippen molar-refractivity contribution in [3.63, 3.8) is 0 Å². The van der Waals surface area contributed by atoms with Crippen LogP contribution >= 0.6 is 11.8 Å². The van der Waals surface area contributed by atoms with Gasteiger partial charge in [-0.25, -0.2) is 0 Å². The molecule has 3 heteroatoms. The highest BCUT2D eigenvalue weighted by atomic mass is 32.2. The SMILES string of the molecule is Cc1ccccc1CCN=C1NC(CC(C)C)CS1. The Labute approximate surface area is 121 Å². The lowest BCUT2D eigenvalue weighted by atomic mass is 10.1. The molecule has 104 valence electrons. The molecule has 1 unspecified atom stereocenters. The minimum Gasteiger partial charge on any atom is -0.361 e. The summed E-state index contributed by atoms with van der Waals surface area (Å²) in [5.41, 5.74) is 2.78. The van der Waals surface area contributed by atoms with Crippen molar-refractivity contribution in [1.29, 1.82) is 0 Å². The number of hydrogen-bond acceptors (Lipinski definition) is 2. The molecule has 1 saturated heterocycles. The van der Waals surface area contributed by atoms with Gasteiger partial charge in [0.05, 0.1) is 0 Å². The van der Waals surface area contributed by atoms with Gasteiger partial charge < -0.3 is 5.32 Å².